The molecule has 0 radical (unpaired) electrons. The summed E-state index contributed by atoms with van der Waals surface area (Å²) in [6, 6.07) is 4.02. The highest BCUT2D eigenvalue weighted by molar-refractivity contribution is 9.10. The largest absolute Gasteiger partial charge is 0.573 e. The minimum atomic E-state index is -4.71. The fourth-order valence-corrected chi connectivity index (χ4v) is 1.59. The highest BCUT2D eigenvalue weighted by Gasteiger charge is 2.31. The fraction of sp³-hybridized carbons (Fsp3) is 0.455. The third kappa shape index (κ3) is 5.35. The molecule has 0 heterocycles. The summed E-state index contributed by atoms with van der Waals surface area (Å²) in [7, 11) is 0. The number of halogens is 5. The maximum absolute atomic E-state index is 12.0. The molecule has 0 aliphatic carbocycles. The van der Waals surface area contributed by atoms with Crippen LogP contribution in [0, 0.1) is 5.92 Å². The van der Waals surface area contributed by atoms with Gasteiger partial charge in [-0.25, -0.2) is 0 Å². The molecule has 0 saturated carbocycles. The predicted molar refractivity (Wildman–Crippen MR) is 66.2 cm³/mol. The molecule has 0 saturated heterocycles. The third-order valence-corrected chi connectivity index (χ3v) is 3.07. The minimum Gasteiger partial charge on any atom is -0.493 e. The lowest BCUT2D eigenvalue weighted by atomic mass is 10.2. The van der Waals surface area contributed by atoms with Crippen molar-refractivity contribution in [3.8, 4) is 11.5 Å². The number of hydrogen-bond donors (Lipinski definition) is 0. The van der Waals surface area contributed by atoms with Crippen molar-refractivity contribution in [3.05, 3.63) is 22.7 Å². The molecule has 7 heteroatoms. The zero-order valence-corrected chi connectivity index (χ0v) is 11.8. The highest BCUT2D eigenvalue weighted by Crippen LogP contribution is 2.33. The molecular formula is C11H11BrClF3O2. The van der Waals surface area contributed by atoms with Gasteiger partial charge in [-0.15, -0.1) is 24.8 Å². The van der Waals surface area contributed by atoms with E-state index in [0.717, 1.165) is 0 Å². The Balaban J connectivity index is 2.67. The van der Waals surface area contributed by atoms with Crippen molar-refractivity contribution in [2.24, 2.45) is 5.92 Å². The number of benzene rings is 1. The van der Waals surface area contributed by atoms with Gasteiger partial charge in [-0.2, -0.15) is 0 Å². The Morgan fingerprint density at radius 3 is 2.56 bits per heavy atom. The second kappa shape index (κ2) is 6.52. The summed E-state index contributed by atoms with van der Waals surface area (Å²) in [6.07, 6.45) is -4.71. The van der Waals surface area contributed by atoms with E-state index in [1.165, 1.54) is 18.2 Å². The van der Waals surface area contributed by atoms with Gasteiger partial charge in [0, 0.05) is 11.8 Å². The minimum absolute atomic E-state index is 0.163. The molecule has 0 aromatic heterocycles. The van der Waals surface area contributed by atoms with Crippen LogP contribution in [0.15, 0.2) is 22.7 Å². The summed E-state index contributed by atoms with van der Waals surface area (Å²) in [5.74, 6) is 0.765. The van der Waals surface area contributed by atoms with Gasteiger partial charge >= 0.3 is 6.36 Å². The lowest BCUT2D eigenvalue weighted by molar-refractivity contribution is -0.274. The van der Waals surface area contributed by atoms with Crippen molar-refractivity contribution in [1.82, 2.24) is 0 Å². The Morgan fingerprint density at radius 2 is 2.06 bits per heavy atom. The zero-order chi connectivity index (χ0) is 13.8. The topological polar surface area (TPSA) is 18.5 Å². The van der Waals surface area contributed by atoms with Crippen LogP contribution in [-0.4, -0.2) is 18.8 Å². The fourth-order valence-electron chi connectivity index (χ4n) is 1.06. The predicted octanol–water partition coefficient (Wildman–Crippen LogP) is 4.60. The second-order valence-corrected chi connectivity index (χ2v) is 4.87. The molecule has 1 aromatic rings. The molecule has 1 unspecified atom stereocenters. The van der Waals surface area contributed by atoms with Crippen LogP contribution in [0.1, 0.15) is 6.92 Å². The average Bonchev–Trinajstić information content (AvgIpc) is 2.27. The first-order valence-corrected chi connectivity index (χ1v) is 6.38. The molecule has 2 nitrogen and oxygen atoms in total. The van der Waals surface area contributed by atoms with Crippen molar-refractivity contribution < 1.29 is 22.6 Å². The van der Waals surface area contributed by atoms with Crippen LogP contribution in [0.3, 0.4) is 0 Å². The third-order valence-electron chi connectivity index (χ3n) is 1.93. The lowest BCUT2D eigenvalue weighted by Crippen LogP contribution is -2.17. The summed E-state index contributed by atoms with van der Waals surface area (Å²) in [6.45, 7) is 2.30. The normalized spacial score (nSPS) is 13.2. The smallest absolute Gasteiger partial charge is 0.493 e. The summed E-state index contributed by atoms with van der Waals surface area (Å²) < 4.78 is 45.5. The molecular weight excluding hydrogens is 336 g/mol. The van der Waals surface area contributed by atoms with Gasteiger partial charge in [0.05, 0.1) is 11.1 Å². The molecule has 0 spiro atoms. The van der Waals surface area contributed by atoms with E-state index in [0.29, 0.717) is 18.2 Å². The van der Waals surface area contributed by atoms with Gasteiger partial charge in [0.1, 0.15) is 11.5 Å². The number of hydrogen-bond acceptors (Lipinski definition) is 2. The van der Waals surface area contributed by atoms with Gasteiger partial charge in [0.2, 0.25) is 0 Å². The Labute approximate surface area is 116 Å². The average molecular weight is 348 g/mol. The SMILES string of the molecule is CC(CCl)COc1ccc(OC(F)(F)F)c(Br)c1. The summed E-state index contributed by atoms with van der Waals surface area (Å²) in [4.78, 5) is 0. The summed E-state index contributed by atoms with van der Waals surface area (Å²) in [5.41, 5.74) is 0. The van der Waals surface area contributed by atoms with Crippen molar-refractivity contribution in [2.45, 2.75) is 13.3 Å². The van der Waals surface area contributed by atoms with Crippen LogP contribution in [-0.2, 0) is 0 Å². The van der Waals surface area contributed by atoms with Crippen LogP contribution in [0.25, 0.3) is 0 Å². The first-order chi connectivity index (χ1) is 8.31. The number of ether oxygens (including phenoxy) is 2. The first-order valence-electron chi connectivity index (χ1n) is 5.06. The highest BCUT2D eigenvalue weighted by atomic mass is 79.9. The molecule has 18 heavy (non-hydrogen) atoms. The maximum atomic E-state index is 12.0. The Hall–Kier alpha value is -0.620. The summed E-state index contributed by atoms with van der Waals surface area (Å²) in [5, 5.41) is 0. The lowest BCUT2D eigenvalue weighted by Gasteiger charge is -2.13. The monoisotopic (exact) mass is 346 g/mol. The Kier molecular flexibility index (Phi) is 5.59. The van der Waals surface area contributed by atoms with Crippen molar-refractivity contribution >= 4 is 27.5 Å². The van der Waals surface area contributed by atoms with E-state index in [1.54, 1.807) is 0 Å². The number of rotatable bonds is 5. The van der Waals surface area contributed by atoms with Crippen LogP contribution >= 0.6 is 27.5 Å². The van der Waals surface area contributed by atoms with Gasteiger partial charge < -0.3 is 9.47 Å². The van der Waals surface area contributed by atoms with Gasteiger partial charge in [0.25, 0.3) is 0 Å². The zero-order valence-electron chi connectivity index (χ0n) is 9.43. The van der Waals surface area contributed by atoms with Crippen molar-refractivity contribution in [2.75, 3.05) is 12.5 Å². The van der Waals surface area contributed by atoms with Gasteiger partial charge in [-0.05, 0) is 34.1 Å². The molecule has 102 valence electrons. The van der Waals surface area contributed by atoms with Crippen LogP contribution in [0.2, 0.25) is 0 Å². The van der Waals surface area contributed by atoms with Crippen LogP contribution in [0.4, 0.5) is 13.2 Å². The Bertz CT molecular complexity index is 398. The quantitative estimate of drug-likeness (QED) is 0.725. The number of alkyl halides is 4. The maximum Gasteiger partial charge on any atom is 0.573 e. The van der Waals surface area contributed by atoms with Gasteiger partial charge in [0.15, 0.2) is 0 Å². The molecule has 0 aliphatic heterocycles. The molecule has 1 rings (SSSR count). The van der Waals surface area contributed by atoms with Gasteiger partial charge in [-0.1, -0.05) is 6.92 Å². The van der Waals surface area contributed by atoms with E-state index in [-0.39, 0.29) is 16.1 Å². The van der Waals surface area contributed by atoms with Crippen molar-refractivity contribution in [3.63, 3.8) is 0 Å². The summed E-state index contributed by atoms with van der Waals surface area (Å²) >= 11 is 8.61. The Morgan fingerprint density at radius 1 is 1.39 bits per heavy atom. The molecule has 0 amide bonds. The van der Waals surface area contributed by atoms with E-state index < -0.39 is 6.36 Å². The standard InChI is InChI=1S/C11H11BrClF3O2/c1-7(5-13)6-17-8-2-3-10(9(12)4-8)18-11(14,15)16/h2-4,7H,5-6H2,1H3. The molecule has 0 fully saturated rings. The molecule has 0 aliphatic rings. The molecule has 1 aromatic carbocycles. The van der Waals surface area contributed by atoms with E-state index in [2.05, 4.69) is 20.7 Å². The molecule has 1 atom stereocenters. The van der Waals surface area contributed by atoms with E-state index in [4.69, 9.17) is 16.3 Å². The van der Waals surface area contributed by atoms with E-state index in [1.807, 2.05) is 6.92 Å². The van der Waals surface area contributed by atoms with Crippen molar-refractivity contribution in [1.29, 1.82) is 0 Å². The molecule has 0 N–H and O–H groups in total. The van der Waals surface area contributed by atoms with E-state index >= 15 is 0 Å². The van der Waals surface area contributed by atoms with Crippen LogP contribution in [0.5, 0.6) is 11.5 Å². The van der Waals surface area contributed by atoms with E-state index in [9.17, 15) is 13.2 Å². The first kappa shape index (κ1) is 15.4. The second-order valence-electron chi connectivity index (χ2n) is 3.71. The van der Waals surface area contributed by atoms with Crippen LogP contribution < -0.4 is 9.47 Å². The molecule has 0 bridgehead atoms. The van der Waals surface area contributed by atoms with Gasteiger partial charge in [-0.3, -0.25) is 0 Å².